The minimum Gasteiger partial charge on any atom is -0.352 e. The first-order valence-electron chi connectivity index (χ1n) is 7.90. The van der Waals surface area contributed by atoms with Gasteiger partial charge in [0.2, 0.25) is 5.91 Å². The van der Waals surface area contributed by atoms with Gasteiger partial charge in [-0.15, -0.1) is 0 Å². The number of carbonyl (C=O) groups is 2. The highest BCUT2D eigenvalue weighted by Crippen LogP contribution is 2.32. The standard InChI is InChI=1S/C16H18N4O3/c21-14-5-9(8-20(14)11-2-3-11)7-17-15(22)10-1-4-12-13(6-10)19-16(23)18-12/h1,4,6,9,11H,2-3,5,7-8H2,(H,17,22)(H2,18,19,23). The molecule has 1 atom stereocenters. The Kier molecular flexibility index (Phi) is 3.21. The Bertz CT molecular complexity index is 833. The zero-order valence-corrected chi connectivity index (χ0v) is 12.6. The summed E-state index contributed by atoms with van der Waals surface area (Å²) in [4.78, 5) is 42.6. The summed E-state index contributed by atoms with van der Waals surface area (Å²) in [7, 11) is 0. The lowest BCUT2D eigenvalue weighted by Crippen LogP contribution is -2.32. The third-order valence-electron chi connectivity index (χ3n) is 4.56. The van der Waals surface area contributed by atoms with E-state index in [0.29, 0.717) is 35.6 Å². The van der Waals surface area contributed by atoms with E-state index in [2.05, 4.69) is 15.3 Å². The number of rotatable bonds is 4. The Hall–Kier alpha value is -2.57. The number of hydrogen-bond donors (Lipinski definition) is 3. The molecule has 1 saturated heterocycles. The van der Waals surface area contributed by atoms with Crippen molar-refractivity contribution in [3.8, 4) is 0 Å². The molecule has 0 spiro atoms. The summed E-state index contributed by atoms with van der Waals surface area (Å²) in [6.07, 6.45) is 2.74. The van der Waals surface area contributed by atoms with E-state index in [1.165, 1.54) is 0 Å². The molecule has 23 heavy (non-hydrogen) atoms. The molecule has 2 aliphatic rings. The van der Waals surface area contributed by atoms with E-state index in [1.54, 1.807) is 18.2 Å². The third-order valence-corrected chi connectivity index (χ3v) is 4.56. The number of likely N-dealkylation sites (tertiary alicyclic amines) is 1. The fourth-order valence-electron chi connectivity index (χ4n) is 3.20. The van der Waals surface area contributed by atoms with Crippen LogP contribution in [0.4, 0.5) is 0 Å². The number of nitrogens with zero attached hydrogens (tertiary/aromatic N) is 1. The van der Waals surface area contributed by atoms with Crippen LogP contribution in [-0.2, 0) is 4.79 Å². The average Bonchev–Trinajstić information content (AvgIpc) is 3.19. The Balaban J connectivity index is 1.39. The smallest absolute Gasteiger partial charge is 0.323 e. The molecule has 1 saturated carbocycles. The summed E-state index contributed by atoms with van der Waals surface area (Å²) in [5.74, 6) is 0.201. The van der Waals surface area contributed by atoms with Crippen molar-refractivity contribution in [2.45, 2.75) is 25.3 Å². The van der Waals surface area contributed by atoms with Crippen molar-refractivity contribution in [1.82, 2.24) is 20.2 Å². The fraction of sp³-hybridized carbons (Fsp3) is 0.438. The Morgan fingerprint density at radius 2 is 2.00 bits per heavy atom. The van der Waals surface area contributed by atoms with E-state index in [-0.39, 0.29) is 23.4 Å². The van der Waals surface area contributed by atoms with Gasteiger partial charge in [-0.3, -0.25) is 9.59 Å². The van der Waals surface area contributed by atoms with Crippen LogP contribution in [0.3, 0.4) is 0 Å². The minimum absolute atomic E-state index is 0.183. The van der Waals surface area contributed by atoms with Crippen LogP contribution in [0.5, 0.6) is 0 Å². The van der Waals surface area contributed by atoms with Crippen LogP contribution in [0.25, 0.3) is 11.0 Å². The molecule has 7 heteroatoms. The topological polar surface area (TPSA) is 98.1 Å². The minimum atomic E-state index is -0.290. The first-order chi connectivity index (χ1) is 11.1. The molecule has 2 amide bonds. The SMILES string of the molecule is O=C(NCC1CC(=O)N(C2CC2)C1)c1ccc2[nH]c(=O)[nH]c2c1. The molecule has 2 fully saturated rings. The van der Waals surface area contributed by atoms with Crippen LogP contribution in [-0.4, -0.2) is 45.8 Å². The number of nitrogens with one attached hydrogen (secondary N) is 3. The van der Waals surface area contributed by atoms with Gasteiger partial charge in [-0.05, 0) is 31.0 Å². The molecule has 1 aromatic heterocycles. The summed E-state index contributed by atoms with van der Waals surface area (Å²) in [6.45, 7) is 1.24. The van der Waals surface area contributed by atoms with Crippen molar-refractivity contribution < 1.29 is 9.59 Å². The molecule has 3 N–H and O–H groups in total. The summed E-state index contributed by atoms with van der Waals surface area (Å²) in [5, 5.41) is 2.89. The van der Waals surface area contributed by atoms with E-state index < -0.39 is 0 Å². The number of aromatic amines is 2. The van der Waals surface area contributed by atoms with Gasteiger partial charge in [0.05, 0.1) is 11.0 Å². The molecule has 120 valence electrons. The molecule has 1 aromatic carbocycles. The second-order valence-electron chi connectivity index (χ2n) is 6.40. The predicted octanol–water partition coefficient (Wildman–Crippen LogP) is 0.597. The molecule has 0 radical (unpaired) electrons. The Morgan fingerprint density at radius 3 is 2.78 bits per heavy atom. The maximum absolute atomic E-state index is 12.2. The second kappa shape index (κ2) is 5.26. The highest BCUT2D eigenvalue weighted by molar-refractivity contribution is 5.97. The van der Waals surface area contributed by atoms with Crippen molar-refractivity contribution in [3.05, 3.63) is 34.2 Å². The van der Waals surface area contributed by atoms with Crippen molar-refractivity contribution in [3.63, 3.8) is 0 Å². The Labute approximate surface area is 132 Å². The molecule has 2 aromatic rings. The number of aromatic nitrogens is 2. The molecular formula is C16H18N4O3. The highest BCUT2D eigenvalue weighted by atomic mass is 16.2. The normalized spacial score (nSPS) is 21.1. The van der Waals surface area contributed by atoms with Crippen molar-refractivity contribution in [2.75, 3.05) is 13.1 Å². The van der Waals surface area contributed by atoms with Gasteiger partial charge < -0.3 is 20.2 Å². The monoisotopic (exact) mass is 314 g/mol. The fourth-order valence-corrected chi connectivity index (χ4v) is 3.20. The lowest BCUT2D eigenvalue weighted by Gasteiger charge is -2.15. The van der Waals surface area contributed by atoms with Crippen LogP contribution >= 0.6 is 0 Å². The molecule has 1 aliphatic heterocycles. The van der Waals surface area contributed by atoms with Gasteiger partial charge in [0.15, 0.2) is 0 Å². The zero-order valence-electron chi connectivity index (χ0n) is 12.6. The van der Waals surface area contributed by atoms with E-state index in [0.717, 1.165) is 19.4 Å². The maximum atomic E-state index is 12.2. The van der Waals surface area contributed by atoms with E-state index in [4.69, 9.17) is 0 Å². The number of carbonyl (C=O) groups excluding carboxylic acids is 2. The molecular weight excluding hydrogens is 296 g/mol. The van der Waals surface area contributed by atoms with Gasteiger partial charge in [-0.2, -0.15) is 0 Å². The van der Waals surface area contributed by atoms with Crippen LogP contribution in [0.15, 0.2) is 23.0 Å². The lowest BCUT2D eigenvalue weighted by atomic mass is 10.1. The van der Waals surface area contributed by atoms with Gasteiger partial charge in [0.1, 0.15) is 0 Å². The number of amides is 2. The lowest BCUT2D eigenvalue weighted by molar-refractivity contribution is -0.128. The third kappa shape index (κ3) is 2.74. The highest BCUT2D eigenvalue weighted by Gasteiger charge is 2.39. The van der Waals surface area contributed by atoms with E-state index in [9.17, 15) is 14.4 Å². The largest absolute Gasteiger partial charge is 0.352 e. The molecule has 0 bridgehead atoms. The molecule has 1 unspecified atom stereocenters. The number of benzene rings is 1. The van der Waals surface area contributed by atoms with Crippen molar-refractivity contribution in [1.29, 1.82) is 0 Å². The van der Waals surface area contributed by atoms with Crippen LogP contribution in [0.1, 0.15) is 29.6 Å². The molecule has 7 nitrogen and oxygen atoms in total. The summed E-state index contributed by atoms with van der Waals surface area (Å²) >= 11 is 0. The summed E-state index contributed by atoms with van der Waals surface area (Å²) in [6, 6.07) is 5.48. The number of fused-ring (bicyclic) bond motifs is 1. The number of hydrogen-bond acceptors (Lipinski definition) is 3. The van der Waals surface area contributed by atoms with Crippen molar-refractivity contribution in [2.24, 2.45) is 5.92 Å². The average molecular weight is 314 g/mol. The van der Waals surface area contributed by atoms with E-state index >= 15 is 0 Å². The van der Waals surface area contributed by atoms with Crippen molar-refractivity contribution >= 4 is 22.8 Å². The van der Waals surface area contributed by atoms with E-state index in [1.807, 2.05) is 4.90 Å². The van der Waals surface area contributed by atoms with Crippen LogP contribution in [0, 0.1) is 5.92 Å². The van der Waals surface area contributed by atoms with Gasteiger partial charge in [-0.1, -0.05) is 0 Å². The molecule has 1 aliphatic carbocycles. The molecule has 4 rings (SSSR count). The number of imidazole rings is 1. The van der Waals surface area contributed by atoms with Gasteiger partial charge >= 0.3 is 5.69 Å². The van der Waals surface area contributed by atoms with Gasteiger partial charge in [-0.25, -0.2) is 4.79 Å². The zero-order chi connectivity index (χ0) is 16.0. The maximum Gasteiger partial charge on any atom is 0.323 e. The quantitative estimate of drug-likeness (QED) is 0.770. The predicted molar refractivity (Wildman–Crippen MR) is 84.1 cm³/mol. The molecule has 2 heterocycles. The van der Waals surface area contributed by atoms with Gasteiger partial charge in [0, 0.05) is 37.0 Å². The second-order valence-corrected chi connectivity index (χ2v) is 6.40. The summed E-state index contributed by atoms with van der Waals surface area (Å²) in [5.41, 5.74) is 1.49. The summed E-state index contributed by atoms with van der Waals surface area (Å²) < 4.78 is 0. The number of H-pyrrole nitrogens is 2. The van der Waals surface area contributed by atoms with Gasteiger partial charge in [0.25, 0.3) is 5.91 Å². The first-order valence-corrected chi connectivity index (χ1v) is 7.90. The Morgan fingerprint density at radius 1 is 1.22 bits per heavy atom. The first kappa shape index (κ1) is 14.0. The van der Waals surface area contributed by atoms with Crippen LogP contribution in [0.2, 0.25) is 0 Å². The van der Waals surface area contributed by atoms with Crippen LogP contribution < -0.4 is 11.0 Å².